The highest BCUT2D eigenvalue weighted by Crippen LogP contribution is 2.37. The quantitative estimate of drug-likeness (QED) is 0.358. The Morgan fingerprint density at radius 1 is 1.33 bits per heavy atom. The smallest absolute Gasteiger partial charge is 0.255 e. The molecule has 3 atom stereocenters. The van der Waals surface area contributed by atoms with Crippen LogP contribution in [0.25, 0.3) is 10.9 Å². The van der Waals surface area contributed by atoms with Gasteiger partial charge in [-0.05, 0) is 54.9 Å². The predicted octanol–water partition coefficient (Wildman–Crippen LogP) is 3.04. The summed E-state index contributed by atoms with van der Waals surface area (Å²) >= 11 is 6.66. The number of nitrogens with two attached hydrogens (primary N) is 1. The molecule has 3 heterocycles. The van der Waals surface area contributed by atoms with Gasteiger partial charge >= 0.3 is 0 Å². The molecule has 0 spiro atoms. The van der Waals surface area contributed by atoms with Gasteiger partial charge in [0.05, 0.1) is 34.9 Å². The fraction of sp³-hybridized carbons (Fsp3) is 0.393. The minimum atomic E-state index is -0.666. The van der Waals surface area contributed by atoms with Gasteiger partial charge in [0.15, 0.2) is 5.69 Å². The number of aryl methyl sites for hydroxylation is 1. The molecule has 1 fully saturated rings. The molecule has 2 aliphatic rings. The summed E-state index contributed by atoms with van der Waals surface area (Å²) in [5, 5.41) is 18.0. The van der Waals surface area contributed by atoms with E-state index in [0.717, 1.165) is 29.4 Å². The maximum atomic E-state index is 12.5. The number of anilines is 1. The highest BCUT2D eigenvalue weighted by Gasteiger charge is 2.38. The molecule has 3 aromatic rings. The first-order chi connectivity index (χ1) is 18.8. The zero-order valence-corrected chi connectivity index (χ0v) is 22.9. The van der Waals surface area contributed by atoms with Gasteiger partial charge in [-0.25, -0.2) is 4.68 Å². The van der Waals surface area contributed by atoms with E-state index in [0.29, 0.717) is 41.9 Å². The second kappa shape index (κ2) is 10.7. The number of primary amides is 1. The maximum absolute atomic E-state index is 12.5. The Balaban J connectivity index is 1.54. The van der Waals surface area contributed by atoms with Crippen LogP contribution in [0.15, 0.2) is 24.8 Å². The number of likely N-dealkylation sites (tertiary alicyclic amines) is 1. The van der Waals surface area contributed by atoms with Gasteiger partial charge in [0.25, 0.3) is 5.91 Å². The van der Waals surface area contributed by atoms with Crippen LogP contribution in [0.5, 0.6) is 0 Å². The van der Waals surface area contributed by atoms with Crippen molar-refractivity contribution < 1.29 is 14.3 Å². The Hall–Kier alpha value is -3.94. The molecule has 2 aromatic heterocycles. The van der Waals surface area contributed by atoms with E-state index in [2.05, 4.69) is 46.0 Å². The summed E-state index contributed by atoms with van der Waals surface area (Å²) in [5.74, 6) is 6.02. The average molecular weight is 548 g/mol. The predicted molar refractivity (Wildman–Crippen MR) is 149 cm³/mol. The van der Waals surface area contributed by atoms with Crippen molar-refractivity contribution in [3.8, 4) is 11.8 Å². The number of rotatable bonds is 6. The molecule has 0 radical (unpaired) electrons. The van der Waals surface area contributed by atoms with E-state index in [1.54, 1.807) is 23.7 Å². The van der Waals surface area contributed by atoms with Gasteiger partial charge in [0.2, 0.25) is 5.91 Å². The molecule has 39 heavy (non-hydrogen) atoms. The van der Waals surface area contributed by atoms with Crippen LogP contribution in [-0.4, -0.2) is 70.0 Å². The molecule has 1 aliphatic heterocycles. The number of benzene rings is 1. The summed E-state index contributed by atoms with van der Waals surface area (Å²) in [7, 11) is 3.27. The van der Waals surface area contributed by atoms with Crippen LogP contribution in [0.3, 0.4) is 0 Å². The number of fused-ring (bicyclic) bond motifs is 3. The third kappa shape index (κ3) is 4.73. The van der Waals surface area contributed by atoms with E-state index >= 15 is 0 Å². The number of carbonyl (C=O) groups excluding carboxylic acids is 2. The molecule has 2 amide bonds. The molecule has 1 unspecified atom stereocenters. The van der Waals surface area contributed by atoms with Gasteiger partial charge in [-0.1, -0.05) is 31.0 Å². The molecule has 0 bridgehead atoms. The highest BCUT2D eigenvalue weighted by molar-refractivity contribution is 6.32. The molecule has 3 N–H and O–H groups in total. The summed E-state index contributed by atoms with van der Waals surface area (Å²) < 4.78 is 7.01. The Morgan fingerprint density at radius 3 is 2.82 bits per heavy atom. The third-order valence-electron chi connectivity index (χ3n) is 7.54. The molecule has 5 rings (SSSR count). The summed E-state index contributed by atoms with van der Waals surface area (Å²) in [5.41, 5.74) is 9.64. The molecule has 0 saturated carbocycles. The Kier molecular flexibility index (Phi) is 7.30. The van der Waals surface area contributed by atoms with Crippen molar-refractivity contribution >= 4 is 40.1 Å². The molecular weight excluding hydrogens is 518 g/mol. The topological polar surface area (TPSA) is 128 Å². The summed E-state index contributed by atoms with van der Waals surface area (Å²) in [4.78, 5) is 26.7. The van der Waals surface area contributed by atoms with Gasteiger partial charge in [-0.3, -0.25) is 9.59 Å². The molecule has 1 saturated heterocycles. The third-order valence-corrected chi connectivity index (χ3v) is 7.85. The number of ether oxygens (including phenoxy) is 1. The lowest BCUT2D eigenvalue weighted by atomic mass is 9.99. The van der Waals surface area contributed by atoms with Crippen LogP contribution in [0, 0.1) is 11.8 Å². The Morgan fingerprint density at radius 2 is 2.13 bits per heavy atom. The van der Waals surface area contributed by atoms with Crippen LogP contribution < -0.4 is 11.1 Å². The monoisotopic (exact) mass is 547 g/mol. The lowest BCUT2D eigenvalue weighted by Gasteiger charge is -2.22. The van der Waals surface area contributed by atoms with E-state index in [-0.39, 0.29) is 29.2 Å². The summed E-state index contributed by atoms with van der Waals surface area (Å²) in [6.07, 6.45) is 3.82. The molecule has 11 heteroatoms. The fourth-order valence-corrected chi connectivity index (χ4v) is 5.92. The van der Waals surface area contributed by atoms with Gasteiger partial charge in [-0.2, -0.15) is 15.3 Å². The van der Waals surface area contributed by atoms with E-state index in [1.165, 1.54) is 11.6 Å². The van der Waals surface area contributed by atoms with Crippen LogP contribution >= 0.6 is 11.6 Å². The minimum Gasteiger partial charge on any atom is -0.383 e. The van der Waals surface area contributed by atoms with Crippen molar-refractivity contribution in [2.24, 2.45) is 5.73 Å². The first-order valence-corrected chi connectivity index (χ1v) is 13.2. The number of nitrogens with one attached hydrogen (secondary N) is 1. The van der Waals surface area contributed by atoms with Gasteiger partial charge in [0.1, 0.15) is 11.4 Å². The van der Waals surface area contributed by atoms with Crippen LogP contribution in [0.2, 0.25) is 5.02 Å². The number of aromatic nitrogens is 4. The van der Waals surface area contributed by atoms with Gasteiger partial charge < -0.3 is 20.7 Å². The Bertz CT molecular complexity index is 1550. The van der Waals surface area contributed by atoms with Crippen LogP contribution in [-0.2, 0) is 16.0 Å². The van der Waals surface area contributed by atoms with Crippen molar-refractivity contribution in [1.29, 1.82) is 0 Å². The number of hydrogen-bond donors (Lipinski definition) is 2. The van der Waals surface area contributed by atoms with Crippen LogP contribution in [0.1, 0.15) is 64.6 Å². The number of halogens is 1. The lowest BCUT2D eigenvalue weighted by molar-refractivity contribution is -0.127. The van der Waals surface area contributed by atoms with Gasteiger partial charge in [-0.15, -0.1) is 0 Å². The van der Waals surface area contributed by atoms with E-state index < -0.39 is 5.91 Å². The molecular formula is C28H30ClN7O3. The van der Waals surface area contributed by atoms with Crippen molar-refractivity contribution in [1.82, 2.24) is 24.9 Å². The van der Waals surface area contributed by atoms with Gasteiger partial charge in [0, 0.05) is 31.7 Å². The zero-order valence-electron chi connectivity index (χ0n) is 22.1. The normalized spacial score (nSPS) is 20.0. The SMILES string of the molecule is C=CC(=O)N1C[C@@H](n2nc(C#Cc3cc4nnc5c(c4cc3Cl)C(C)CC5)c(C(N)=O)c2NC)C[C@@H]1COC. The second-order valence-electron chi connectivity index (χ2n) is 9.92. The first kappa shape index (κ1) is 26.7. The number of hydrogen-bond acceptors (Lipinski definition) is 7. The van der Waals surface area contributed by atoms with Crippen molar-refractivity contribution in [3.05, 3.63) is 57.9 Å². The number of methoxy groups -OCH3 is 1. The number of nitrogens with zero attached hydrogens (tertiary/aromatic N) is 5. The summed E-state index contributed by atoms with van der Waals surface area (Å²) in [6.45, 7) is 6.53. The fourth-order valence-electron chi connectivity index (χ4n) is 5.70. The molecule has 202 valence electrons. The molecule has 1 aromatic carbocycles. The largest absolute Gasteiger partial charge is 0.383 e. The van der Waals surface area contributed by atoms with E-state index in [9.17, 15) is 9.59 Å². The van der Waals surface area contributed by atoms with Crippen molar-refractivity contribution in [3.63, 3.8) is 0 Å². The highest BCUT2D eigenvalue weighted by atomic mass is 35.5. The minimum absolute atomic E-state index is 0.160. The standard InChI is InChI=1S/C28H30ClN7O3/c1-5-24(37)35-13-17(11-18(35)14-39-4)36-28(31-3)26(27(30)38)22(34-36)9-7-16-10-23-19(12-20(16)29)25-15(2)6-8-21(25)32-33-23/h5,10,12,15,17-18,31H,1,6,8,11,13-14H2,2-4H3,(H2,30,38)/t15?,17-,18+/m0/s1. The average Bonchev–Trinajstić information content (AvgIpc) is 3.62. The number of carbonyl (C=O) groups is 2. The van der Waals surface area contributed by atoms with Crippen molar-refractivity contribution in [2.45, 2.75) is 44.2 Å². The molecule has 1 aliphatic carbocycles. The lowest BCUT2D eigenvalue weighted by Crippen LogP contribution is -2.37. The summed E-state index contributed by atoms with van der Waals surface area (Å²) in [6, 6.07) is 3.32. The maximum Gasteiger partial charge on any atom is 0.255 e. The zero-order chi connectivity index (χ0) is 27.8. The van der Waals surface area contributed by atoms with Crippen LogP contribution in [0.4, 0.5) is 5.82 Å². The number of amides is 2. The second-order valence-corrected chi connectivity index (χ2v) is 10.3. The van der Waals surface area contributed by atoms with E-state index in [4.69, 9.17) is 22.1 Å². The van der Waals surface area contributed by atoms with Crippen molar-refractivity contribution in [2.75, 3.05) is 32.6 Å². The van der Waals surface area contributed by atoms with E-state index in [1.807, 2.05) is 12.1 Å². The first-order valence-electron chi connectivity index (χ1n) is 12.8. The molecule has 10 nitrogen and oxygen atoms in total. The Labute approximate surface area is 231 Å².